The first-order valence-corrected chi connectivity index (χ1v) is 8.86. The fraction of sp³-hybridized carbons (Fsp3) is 0.333. The molecule has 28 heavy (non-hydrogen) atoms. The lowest BCUT2D eigenvalue weighted by atomic mass is 9.95. The molecular weight excluding hydrogens is 364 g/mol. The van der Waals surface area contributed by atoms with Crippen molar-refractivity contribution in [2.45, 2.75) is 37.3 Å². The number of hydrogen-bond donors (Lipinski definition) is 3. The van der Waals surface area contributed by atoms with Crippen LogP contribution in [-0.2, 0) is 14.3 Å². The molecule has 0 aliphatic carbocycles. The van der Waals surface area contributed by atoms with Crippen LogP contribution >= 0.6 is 0 Å². The van der Waals surface area contributed by atoms with Gasteiger partial charge < -0.3 is 24.8 Å². The van der Waals surface area contributed by atoms with E-state index in [1.165, 1.54) is 7.11 Å². The molecule has 0 saturated heterocycles. The smallest absolute Gasteiger partial charge is 0.338 e. The Bertz CT molecular complexity index is 748. The van der Waals surface area contributed by atoms with Crippen LogP contribution < -0.4 is 0 Å². The van der Waals surface area contributed by atoms with Crippen molar-refractivity contribution in [3.63, 3.8) is 0 Å². The van der Waals surface area contributed by atoms with E-state index in [1.54, 1.807) is 60.7 Å². The number of esters is 2. The summed E-state index contributed by atoms with van der Waals surface area (Å²) in [7, 11) is 1.22. The van der Waals surface area contributed by atoms with Gasteiger partial charge in [-0.2, -0.15) is 0 Å². The fourth-order valence-corrected chi connectivity index (χ4v) is 2.68. The van der Waals surface area contributed by atoms with E-state index in [-0.39, 0.29) is 18.4 Å². The van der Waals surface area contributed by atoms with E-state index >= 15 is 0 Å². The normalized spacial score (nSPS) is 15.1. The predicted molar refractivity (Wildman–Crippen MR) is 100 cm³/mol. The summed E-state index contributed by atoms with van der Waals surface area (Å²) in [5.41, 5.74) is 0.745. The van der Waals surface area contributed by atoms with Gasteiger partial charge in [0.05, 0.1) is 18.8 Å². The molecule has 2 aromatic rings. The highest BCUT2D eigenvalue weighted by atomic mass is 16.6. The van der Waals surface area contributed by atoms with Gasteiger partial charge >= 0.3 is 11.9 Å². The molecule has 0 aromatic heterocycles. The molecule has 7 heteroatoms. The van der Waals surface area contributed by atoms with Gasteiger partial charge in [-0.25, -0.2) is 4.79 Å². The Kier molecular flexibility index (Phi) is 8.13. The summed E-state index contributed by atoms with van der Waals surface area (Å²) in [4.78, 5) is 23.7. The number of carbonyl (C=O) groups is 2. The van der Waals surface area contributed by atoms with Crippen LogP contribution in [0.4, 0.5) is 0 Å². The van der Waals surface area contributed by atoms with Crippen LogP contribution in [0.2, 0.25) is 0 Å². The third-order valence-corrected chi connectivity index (χ3v) is 4.30. The van der Waals surface area contributed by atoms with Crippen LogP contribution in [0.3, 0.4) is 0 Å². The molecule has 2 aromatic carbocycles. The molecule has 3 N–H and O–H groups in total. The monoisotopic (exact) mass is 388 g/mol. The van der Waals surface area contributed by atoms with Crippen LogP contribution in [-0.4, -0.2) is 52.7 Å². The molecule has 0 radical (unpaired) electrons. The van der Waals surface area contributed by atoms with Gasteiger partial charge in [-0.3, -0.25) is 4.79 Å². The molecule has 0 aliphatic rings. The lowest BCUT2D eigenvalue weighted by molar-refractivity contribution is -0.143. The third kappa shape index (κ3) is 5.88. The lowest BCUT2D eigenvalue weighted by Gasteiger charge is -2.29. The van der Waals surface area contributed by atoms with E-state index in [4.69, 9.17) is 4.74 Å². The molecule has 4 atom stereocenters. The molecule has 0 fully saturated rings. The van der Waals surface area contributed by atoms with Gasteiger partial charge in [0, 0.05) is 6.42 Å². The summed E-state index contributed by atoms with van der Waals surface area (Å²) in [6.45, 7) is 0. The Morgan fingerprint density at radius 3 is 2.04 bits per heavy atom. The number of ether oxygens (including phenoxy) is 2. The SMILES string of the molecule is COC(=O)CC[C@H](O)[C@@H](O)[C@H](O)[C@H](OC(=O)c1ccccc1)c1ccccc1. The van der Waals surface area contributed by atoms with Crippen LogP contribution in [0.1, 0.15) is 34.9 Å². The van der Waals surface area contributed by atoms with Crippen LogP contribution in [0.25, 0.3) is 0 Å². The molecular formula is C21H24O7. The van der Waals surface area contributed by atoms with E-state index in [0.29, 0.717) is 5.56 Å². The zero-order valence-electron chi connectivity index (χ0n) is 15.5. The largest absolute Gasteiger partial charge is 0.469 e. The maximum Gasteiger partial charge on any atom is 0.338 e. The second-order valence-electron chi connectivity index (χ2n) is 6.27. The lowest BCUT2D eigenvalue weighted by Crippen LogP contribution is -2.42. The average molecular weight is 388 g/mol. The second kappa shape index (κ2) is 10.6. The maximum atomic E-state index is 12.4. The molecule has 0 amide bonds. The number of hydrogen-bond acceptors (Lipinski definition) is 7. The van der Waals surface area contributed by atoms with E-state index < -0.39 is 36.4 Å². The molecule has 0 spiro atoms. The second-order valence-corrected chi connectivity index (χ2v) is 6.27. The Balaban J connectivity index is 2.16. The highest BCUT2D eigenvalue weighted by Gasteiger charge is 2.35. The minimum absolute atomic E-state index is 0.112. The van der Waals surface area contributed by atoms with Gasteiger partial charge in [0.1, 0.15) is 12.2 Å². The summed E-state index contributed by atoms with van der Waals surface area (Å²) in [6.07, 6.45) is -6.10. The van der Waals surface area contributed by atoms with Gasteiger partial charge in [0.15, 0.2) is 6.10 Å². The Hall–Kier alpha value is -2.74. The van der Waals surface area contributed by atoms with Crippen LogP contribution in [0.15, 0.2) is 60.7 Å². The first kappa shape index (κ1) is 21.6. The molecule has 2 rings (SSSR count). The van der Waals surface area contributed by atoms with Crippen molar-refractivity contribution < 1.29 is 34.4 Å². The predicted octanol–water partition coefficient (Wildman–Crippen LogP) is 1.62. The molecule has 150 valence electrons. The quantitative estimate of drug-likeness (QED) is 0.560. The Labute approximate surface area is 163 Å². The number of carbonyl (C=O) groups excluding carboxylic acids is 2. The number of rotatable bonds is 9. The van der Waals surface area contributed by atoms with Gasteiger partial charge in [-0.05, 0) is 24.1 Å². The van der Waals surface area contributed by atoms with Crippen LogP contribution in [0, 0.1) is 0 Å². The van der Waals surface area contributed by atoms with E-state index in [9.17, 15) is 24.9 Å². The number of aliphatic hydroxyl groups excluding tert-OH is 3. The Morgan fingerprint density at radius 1 is 0.893 bits per heavy atom. The summed E-state index contributed by atoms with van der Waals surface area (Å²) in [6, 6.07) is 16.7. The van der Waals surface area contributed by atoms with Crippen molar-refractivity contribution in [2.75, 3.05) is 7.11 Å². The zero-order valence-corrected chi connectivity index (χ0v) is 15.5. The molecule has 0 bridgehead atoms. The van der Waals surface area contributed by atoms with E-state index in [2.05, 4.69) is 4.74 Å². The van der Waals surface area contributed by atoms with Crippen molar-refractivity contribution in [1.82, 2.24) is 0 Å². The molecule has 0 saturated carbocycles. The Morgan fingerprint density at radius 2 is 1.46 bits per heavy atom. The van der Waals surface area contributed by atoms with Gasteiger partial charge in [-0.1, -0.05) is 48.5 Å². The van der Waals surface area contributed by atoms with Crippen molar-refractivity contribution in [1.29, 1.82) is 0 Å². The van der Waals surface area contributed by atoms with E-state index in [1.807, 2.05) is 0 Å². The first-order valence-electron chi connectivity index (χ1n) is 8.86. The summed E-state index contributed by atoms with van der Waals surface area (Å²) >= 11 is 0. The number of methoxy groups -OCH3 is 1. The minimum atomic E-state index is -1.64. The summed E-state index contributed by atoms with van der Waals surface area (Å²) in [5.74, 6) is -1.22. The summed E-state index contributed by atoms with van der Waals surface area (Å²) < 4.78 is 9.95. The standard InChI is InChI=1S/C21H24O7/c1-27-17(23)13-12-16(22)18(24)19(25)20(14-8-4-2-5-9-14)28-21(26)15-10-6-3-7-11-15/h2-11,16,18-20,22,24-25H,12-13H2,1H3/t16-,18+,19-,20+/m0/s1. The fourth-order valence-electron chi connectivity index (χ4n) is 2.68. The van der Waals surface area contributed by atoms with E-state index in [0.717, 1.165) is 0 Å². The maximum absolute atomic E-state index is 12.4. The summed E-state index contributed by atoms with van der Waals surface area (Å²) in [5, 5.41) is 31.1. The van der Waals surface area contributed by atoms with Crippen LogP contribution in [0.5, 0.6) is 0 Å². The molecule has 0 aliphatic heterocycles. The van der Waals surface area contributed by atoms with Crippen molar-refractivity contribution in [2.24, 2.45) is 0 Å². The minimum Gasteiger partial charge on any atom is -0.469 e. The average Bonchev–Trinajstić information content (AvgIpc) is 2.75. The topological polar surface area (TPSA) is 113 Å². The van der Waals surface area contributed by atoms with Crippen molar-refractivity contribution in [3.05, 3.63) is 71.8 Å². The van der Waals surface area contributed by atoms with Crippen molar-refractivity contribution >= 4 is 11.9 Å². The van der Waals surface area contributed by atoms with Gasteiger partial charge in [0.25, 0.3) is 0 Å². The molecule has 0 heterocycles. The third-order valence-electron chi connectivity index (χ3n) is 4.30. The van der Waals surface area contributed by atoms with Gasteiger partial charge in [-0.15, -0.1) is 0 Å². The highest BCUT2D eigenvalue weighted by Crippen LogP contribution is 2.26. The number of benzene rings is 2. The molecule has 7 nitrogen and oxygen atoms in total. The first-order chi connectivity index (χ1) is 13.4. The highest BCUT2D eigenvalue weighted by molar-refractivity contribution is 5.89. The van der Waals surface area contributed by atoms with Crippen molar-refractivity contribution in [3.8, 4) is 0 Å². The van der Waals surface area contributed by atoms with Gasteiger partial charge in [0.2, 0.25) is 0 Å². The number of aliphatic hydroxyl groups is 3. The molecule has 0 unspecified atom stereocenters. The zero-order chi connectivity index (χ0) is 20.5.